The van der Waals surface area contributed by atoms with Gasteiger partial charge in [0.1, 0.15) is 6.04 Å². The number of nitrogens with one attached hydrogen (secondary N) is 2. The molecule has 2 rings (SSSR count). The van der Waals surface area contributed by atoms with Crippen LogP contribution in [0.1, 0.15) is 12.5 Å². The number of aromatic nitrogens is 1. The zero-order valence-electron chi connectivity index (χ0n) is 12.5. The maximum absolute atomic E-state index is 12.0. The summed E-state index contributed by atoms with van der Waals surface area (Å²) in [5.74, 6) is -0.874. The molecule has 6 nitrogen and oxygen atoms in total. The number of methoxy groups -OCH3 is 1. The van der Waals surface area contributed by atoms with Crippen LogP contribution < -0.4 is 11.1 Å². The second kappa shape index (κ2) is 7.82. The first-order valence-corrected chi connectivity index (χ1v) is 6.71. The van der Waals surface area contributed by atoms with Gasteiger partial charge in [0, 0.05) is 17.1 Å². The number of benzene rings is 1. The van der Waals surface area contributed by atoms with Gasteiger partial charge in [-0.05, 0) is 25.0 Å². The fourth-order valence-electron chi connectivity index (χ4n) is 2.19. The van der Waals surface area contributed by atoms with Crippen molar-refractivity contribution in [3.05, 3.63) is 36.0 Å². The van der Waals surface area contributed by atoms with Crippen LogP contribution in [-0.4, -0.2) is 36.1 Å². The number of H-pyrrole nitrogens is 1. The first kappa shape index (κ1) is 18.0. The molecule has 0 spiro atoms. The van der Waals surface area contributed by atoms with Gasteiger partial charge in [0.05, 0.1) is 13.2 Å². The largest absolute Gasteiger partial charge is 0.467 e. The van der Waals surface area contributed by atoms with Crippen molar-refractivity contribution in [3.8, 4) is 0 Å². The smallest absolute Gasteiger partial charge is 0.328 e. The van der Waals surface area contributed by atoms with Crippen LogP contribution in [-0.2, 0) is 20.7 Å². The van der Waals surface area contributed by atoms with Gasteiger partial charge in [0.25, 0.3) is 0 Å². The Balaban J connectivity index is 0.00000242. The number of aromatic amines is 1. The van der Waals surface area contributed by atoms with Crippen molar-refractivity contribution >= 4 is 35.2 Å². The van der Waals surface area contributed by atoms with Gasteiger partial charge in [-0.25, -0.2) is 4.79 Å². The molecule has 0 saturated heterocycles. The molecule has 0 bridgehead atoms. The highest BCUT2D eigenvalue weighted by molar-refractivity contribution is 5.88. The minimum absolute atomic E-state index is 0. The maximum Gasteiger partial charge on any atom is 0.328 e. The number of halogens is 1. The van der Waals surface area contributed by atoms with Crippen LogP contribution in [0.2, 0.25) is 0 Å². The van der Waals surface area contributed by atoms with Crippen LogP contribution in [0.15, 0.2) is 30.5 Å². The van der Waals surface area contributed by atoms with E-state index in [9.17, 15) is 9.59 Å². The summed E-state index contributed by atoms with van der Waals surface area (Å²) >= 11 is 0. The number of hydrogen-bond acceptors (Lipinski definition) is 4. The zero-order valence-corrected chi connectivity index (χ0v) is 13.3. The van der Waals surface area contributed by atoms with E-state index in [2.05, 4.69) is 15.0 Å². The Morgan fingerprint density at radius 3 is 2.73 bits per heavy atom. The van der Waals surface area contributed by atoms with Crippen molar-refractivity contribution in [2.45, 2.75) is 25.4 Å². The number of nitrogens with two attached hydrogens (primary N) is 1. The van der Waals surface area contributed by atoms with E-state index < -0.39 is 18.1 Å². The minimum atomic E-state index is -0.726. The van der Waals surface area contributed by atoms with Gasteiger partial charge in [-0.3, -0.25) is 4.79 Å². The number of rotatable bonds is 5. The van der Waals surface area contributed by atoms with E-state index in [0.29, 0.717) is 6.42 Å². The minimum Gasteiger partial charge on any atom is -0.467 e. The molecule has 0 aliphatic carbocycles. The number of hydrogen-bond donors (Lipinski definition) is 3. The number of amides is 1. The highest BCUT2D eigenvalue weighted by Gasteiger charge is 2.21. The Bertz CT molecular complexity index is 656. The van der Waals surface area contributed by atoms with Gasteiger partial charge < -0.3 is 20.8 Å². The molecule has 0 fully saturated rings. The summed E-state index contributed by atoms with van der Waals surface area (Å²) in [4.78, 5) is 26.4. The lowest BCUT2D eigenvalue weighted by atomic mass is 10.0. The Morgan fingerprint density at radius 2 is 2.05 bits per heavy atom. The molecule has 0 aliphatic heterocycles. The summed E-state index contributed by atoms with van der Waals surface area (Å²) in [6.07, 6.45) is 2.24. The van der Waals surface area contributed by atoms with Crippen LogP contribution in [0.3, 0.4) is 0 Å². The summed E-state index contributed by atoms with van der Waals surface area (Å²) in [6, 6.07) is 6.37. The predicted molar refractivity (Wildman–Crippen MR) is 86.8 cm³/mol. The Kier molecular flexibility index (Phi) is 6.39. The molecule has 1 unspecified atom stereocenters. The van der Waals surface area contributed by atoms with Crippen LogP contribution >= 0.6 is 12.4 Å². The first-order chi connectivity index (χ1) is 10.0. The number of carbonyl (C=O) groups is 2. The van der Waals surface area contributed by atoms with E-state index in [1.54, 1.807) is 6.92 Å². The van der Waals surface area contributed by atoms with Gasteiger partial charge in [-0.15, -0.1) is 12.4 Å². The molecular formula is C15H20ClN3O3. The molecule has 1 aromatic carbocycles. The standard InChI is InChI=1S/C15H19N3O3.ClH/c1-9(15(20)21-2)18-14(19)12(16)7-10-8-17-13-6-4-3-5-11(10)13;/h3-6,8-9,12,17H,7,16H2,1-2H3,(H,18,19);1H/t9?,12-;/m0./s1. The quantitative estimate of drug-likeness (QED) is 0.718. The highest BCUT2D eigenvalue weighted by atomic mass is 35.5. The summed E-state index contributed by atoms with van der Waals surface area (Å²) < 4.78 is 4.56. The molecular weight excluding hydrogens is 306 g/mol. The van der Waals surface area contributed by atoms with E-state index in [1.165, 1.54) is 7.11 Å². The zero-order chi connectivity index (χ0) is 15.4. The summed E-state index contributed by atoms with van der Waals surface area (Å²) in [5, 5.41) is 3.59. The van der Waals surface area contributed by atoms with E-state index in [4.69, 9.17) is 5.73 Å². The molecule has 0 aliphatic rings. The third-order valence-corrected chi connectivity index (χ3v) is 3.37. The fourth-order valence-corrected chi connectivity index (χ4v) is 2.19. The van der Waals surface area contributed by atoms with E-state index in [-0.39, 0.29) is 18.3 Å². The third kappa shape index (κ3) is 3.99. The van der Waals surface area contributed by atoms with Crippen molar-refractivity contribution in [1.82, 2.24) is 10.3 Å². The molecule has 0 saturated carbocycles. The third-order valence-electron chi connectivity index (χ3n) is 3.37. The van der Waals surface area contributed by atoms with Gasteiger partial charge in [-0.1, -0.05) is 18.2 Å². The number of fused-ring (bicyclic) bond motifs is 1. The molecule has 7 heteroatoms. The Morgan fingerprint density at radius 1 is 1.36 bits per heavy atom. The number of ether oxygens (including phenoxy) is 1. The fraction of sp³-hybridized carbons (Fsp3) is 0.333. The molecule has 4 N–H and O–H groups in total. The van der Waals surface area contributed by atoms with E-state index in [1.807, 2.05) is 30.5 Å². The van der Waals surface area contributed by atoms with Crippen LogP contribution in [0.4, 0.5) is 0 Å². The van der Waals surface area contributed by atoms with Crippen molar-refractivity contribution in [3.63, 3.8) is 0 Å². The van der Waals surface area contributed by atoms with Crippen molar-refractivity contribution in [2.75, 3.05) is 7.11 Å². The molecule has 2 aromatic rings. The average molecular weight is 326 g/mol. The van der Waals surface area contributed by atoms with Crippen LogP contribution in [0.5, 0.6) is 0 Å². The van der Waals surface area contributed by atoms with Crippen molar-refractivity contribution in [2.24, 2.45) is 5.73 Å². The Labute approximate surface area is 134 Å². The normalized spacial score (nSPS) is 13.0. The van der Waals surface area contributed by atoms with Crippen molar-refractivity contribution in [1.29, 1.82) is 0 Å². The number of carbonyl (C=O) groups excluding carboxylic acids is 2. The molecule has 1 amide bonds. The molecule has 0 radical (unpaired) electrons. The summed E-state index contributed by atoms with van der Waals surface area (Å²) in [7, 11) is 1.27. The maximum atomic E-state index is 12.0. The summed E-state index contributed by atoms with van der Waals surface area (Å²) in [5.41, 5.74) is 7.89. The van der Waals surface area contributed by atoms with Gasteiger partial charge in [-0.2, -0.15) is 0 Å². The molecule has 1 heterocycles. The lowest BCUT2D eigenvalue weighted by Gasteiger charge is -2.15. The number of para-hydroxylation sites is 1. The Hall–Kier alpha value is -2.05. The predicted octanol–water partition coefficient (Wildman–Crippen LogP) is 1.14. The first-order valence-electron chi connectivity index (χ1n) is 6.71. The van der Waals surface area contributed by atoms with Gasteiger partial charge in [0.2, 0.25) is 5.91 Å². The molecule has 22 heavy (non-hydrogen) atoms. The van der Waals surface area contributed by atoms with Crippen LogP contribution in [0, 0.1) is 0 Å². The van der Waals surface area contributed by atoms with Gasteiger partial charge >= 0.3 is 5.97 Å². The summed E-state index contributed by atoms with van der Waals surface area (Å²) in [6.45, 7) is 1.56. The monoisotopic (exact) mass is 325 g/mol. The molecule has 1 aromatic heterocycles. The van der Waals surface area contributed by atoms with Gasteiger partial charge in [0.15, 0.2) is 0 Å². The highest BCUT2D eigenvalue weighted by Crippen LogP contribution is 2.18. The lowest BCUT2D eigenvalue weighted by Crippen LogP contribution is -2.48. The molecule has 120 valence electrons. The van der Waals surface area contributed by atoms with Crippen LogP contribution in [0.25, 0.3) is 10.9 Å². The second-order valence-corrected chi connectivity index (χ2v) is 4.92. The van der Waals surface area contributed by atoms with Crippen molar-refractivity contribution < 1.29 is 14.3 Å². The molecule has 2 atom stereocenters. The SMILES string of the molecule is COC(=O)C(C)NC(=O)[C@@H](N)Cc1c[nH]c2ccccc12.Cl. The number of esters is 1. The lowest BCUT2D eigenvalue weighted by molar-refractivity contribution is -0.144. The van der Waals surface area contributed by atoms with E-state index >= 15 is 0 Å². The topological polar surface area (TPSA) is 97.2 Å². The van der Waals surface area contributed by atoms with E-state index in [0.717, 1.165) is 16.5 Å². The second-order valence-electron chi connectivity index (χ2n) is 4.92. The average Bonchev–Trinajstić information content (AvgIpc) is 2.89.